The molecule has 1 aliphatic carbocycles. The minimum atomic E-state index is -0.779. The minimum Gasteiger partial charge on any atom is -0.497 e. The minimum absolute atomic E-state index is 0.0327. The lowest BCUT2D eigenvalue weighted by Gasteiger charge is -2.51. The van der Waals surface area contributed by atoms with Gasteiger partial charge in [-0.1, -0.05) is 54.6 Å². The maximum Gasteiger partial charge on any atom is 0.219 e. The van der Waals surface area contributed by atoms with Crippen LogP contribution in [0.2, 0.25) is 0 Å². The van der Waals surface area contributed by atoms with Crippen molar-refractivity contribution in [3.63, 3.8) is 0 Å². The lowest BCUT2D eigenvalue weighted by Crippen LogP contribution is -2.61. The van der Waals surface area contributed by atoms with E-state index in [-0.39, 0.29) is 17.7 Å². The highest BCUT2D eigenvalue weighted by molar-refractivity contribution is 5.74. The lowest BCUT2D eigenvalue weighted by atomic mass is 9.64. The second-order valence-corrected chi connectivity index (χ2v) is 8.14. The lowest BCUT2D eigenvalue weighted by molar-refractivity contribution is -0.128. The predicted octanol–water partition coefficient (Wildman–Crippen LogP) is 4.78. The number of ether oxygens (including phenoxy) is 2. The van der Waals surface area contributed by atoms with E-state index >= 15 is 0 Å². The first-order valence-electron chi connectivity index (χ1n) is 10.4. The fourth-order valence-electron chi connectivity index (χ4n) is 5.21. The van der Waals surface area contributed by atoms with Crippen molar-refractivity contribution in [1.82, 2.24) is 5.32 Å². The zero-order chi connectivity index (χ0) is 20.7. The van der Waals surface area contributed by atoms with Crippen LogP contribution in [-0.2, 0) is 11.2 Å². The third-order valence-corrected chi connectivity index (χ3v) is 6.40. The Labute approximate surface area is 176 Å². The van der Waals surface area contributed by atoms with Crippen molar-refractivity contribution in [2.75, 3.05) is 7.11 Å². The summed E-state index contributed by atoms with van der Waals surface area (Å²) in [5.41, 5.74) is 4.12. The molecule has 1 heterocycles. The number of benzene rings is 3. The second-order valence-electron chi connectivity index (χ2n) is 8.14. The van der Waals surface area contributed by atoms with Crippen LogP contribution in [0.15, 0.2) is 72.8 Å². The normalized spacial score (nSPS) is 23.9. The van der Waals surface area contributed by atoms with Crippen LogP contribution in [0.25, 0.3) is 0 Å². The molecule has 5 rings (SSSR count). The largest absolute Gasteiger partial charge is 0.497 e. The van der Waals surface area contributed by atoms with E-state index in [0.29, 0.717) is 0 Å². The van der Waals surface area contributed by atoms with Crippen LogP contribution < -0.4 is 14.8 Å². The van der Waals surface area contributed by atoms with Crippen molar-refractivity contribution in [3.8, 4) is 11.5 Å². The van der Waals surface area contributed by atoms with E-state index in [2.05, 4.69) is 53.8 Å². The zero-order valence-electron chi connectivity index (χ0n) is 17.2. The second kappa shape index (κ2) is 7.21. The quantitative estimate of drug-likeness (QED) is 0.689. The molecule has 1 aliphatic heterocycles. The highest BCUT2D eigenvalue weighted by Crippen LogP contribution is 2.56. The molecule has 3 aromatic carbocycles. The Bertz CT molecular complexity index is 1090. The number of nitrogens with one attached hydrogen (secondary N) is 1. The summed E-state index contributed by atoms with van der Waals surface area (Å²) >= 11 is 0. The van der Waals surface area contributed by atoms with Gasteiger partial charge in [0.2, 0.25) is 5.91 Å². The van der Waals surface area contributed by atoms with Crippen molar-refractivity contribution in [1.29, 1.82) is 0 Å². The van der Waals surface area contributed by atoms with Gasteiger partial charge in [0.25, 0.3) is 0 Å². The van der Waals surface area contributed by atoms with Crippen LogP contribution in [0.3, 0.4) is 0 Å². The number of carbonyl (C=O) groups excluding carboxylic acids is 1. The molecule has 0 saturated heterocycles. The molecule has 1 amide bonds. The van der Waals surface area contributed by atoms with Gasteiger partial charge in [-0.15, -0.1) is 0 Å². The number of fused-ring (bicyclic) bond motifs is 4. The molecule has 0 spiro atoms. The molecule has 0 radical (unpaired) electrons. The molecule has 152 valence electrons. The topological polar surface area (TPSA) is 47.6 Å². The summed E-state index contributed by atoms with van der Waals surface area (Å²) in [6, 6.07) is 25.0. The van der Waals surface area contributed by atoms with Gasteiger partial charge in [-0.2, -0.15) is 0 Å². The van der Waals surface area contributed by atoms with Gasteiger partial charge in [-0.3, -0.25) is 4.79 Å². The monoisotopic (exact) mass is 399 g/mol. The van der Waals surface area contributed by atoms with E-state index in [1.54, 1.807) is 14.0 Å². The molecule has 2 aliphatic rings. The number of aryl methyl sites for hydroxylation is 1. The maximum absolute atomic E-state index is 12.3. The number of amides is 1. The number of para-hydroxylation sites is 1. The van der Waals surface area contributed by atoms with Crippen molar-refractivity contribution < 1.29 is 14.3 Å². The van der Waals surface area contributed by atoms with Gasteiger partial charge in [0.05, 0.1) is 13.0 Å². The van der Waals surface area contributed by atoms with Crippen molar-refractivity contribution in [2.24, 2.45) is 0 Å². The van der Waals surface area contributed by atoms with Gasteiger partial charge in [-0.25, -0.2) is 0 Å². The number of hydrogen-bond acceptors (Lipinski definition) is 3. The molecule has 0 bridgehead atoms. The number of rotatable bonds is 3. The van der Waals surface area contributed by atoms with Crippen LogP contribution in [0.5, 0.6) is 11.5 Å². The summed E-state index contributed by atoms with van der Waals surface area (Å²) in [5.74, 6) is 1.61. The SMILES string of the molecule is COc1ccc([C@@H]2c3ccccc3O[C@@]3(NC(C)=O)CCc4ccccc4[C@@H]23)cc1. The standard InChI is InChI=1S/C26H25NO3/c1-17(28)27-26-16-15-18-7-3-4-8-21(18)25(26)24(19-11-13-20(29-2)14-12-19)22-9-5-6-10-23(22)30-26/h3-14,24-25H,15-16H2,1-2H3,(H,27,28)/t24-,25+,26+/m1/s1. The summed E-state index contributed by atoms with van der Waals surface area (Å²) in [7, 11) is 1.68. The maximum atomic E-state index is 12.3. The van der Waals surface area contributed by atoms with Crippen molar-refractivity contribution in [3.05, 3.63) is 95.1 Å². The Hall–Kier alpha value is -3.27. The summed E-state index contributed by atoms with van der Waals surface area (Å²) in [5, 5.41) is 3.22. The van der Waals surface area contributed by atoms with E-state index in [1.807, 2.05) is 24.3 Å². The molecule has 4 heteroatoms. The average Bonchev–Trinajstić information content (AvgIpc) is 2.77. The number of hydrogen-bond donors (Lipinski definition) is 1. The van der Waals surface area contributed by atoms with E-state index in [9.17, 15) is 4.79 Å². The Kier molecular flexibility index (Phi) is 4.50. The molecule has 0 fully saturated rings. The van der Waals surface area contributed by atoms with Crippen LogP contribution in [-0.4, -0.2) is 18.7 Å². The predicted molar refractivity (Wildman–Crippen MR) is 116 cm³/mol. The summed E-state index contributed by atoms with van der Waals surface area (Å²) in [4.78, 5) is 12.3. The first-order valence-corrected chi connectivity index (χ1v) is 10.4. The van der Waals surface area contributed by atoms with Gasteiger partial charge in [-0.05, 0) is 41.3 Å². The summed E-state index contributed by atoms with van der Waals surface area (Å²) in [6.45, 7) is 1.57. The Balaban J connectivity index is 1.76. The molecular formula is C26H25NO3. The van der Waals surface area contributed by atoms with Crippen LogP contribution >= 0.6 is 0 Å². The Morgan fingerprint density at radius 1 is 1.00 bits per heavy atom. The Morgan fingerprint density at radius 3 is 2.43 bits per heavy atom. The first-order chi connectivity index (χ1) is 14.6. The van der Waals surface area contributed by atoms with E-state index in [0.717, 1.165) is 29.9 Å². The highest BCUT2D eigenvalue weighted by atomic mass is 16.5. The zero-order valence-corrected chi connectivity index (χ0v) is 17.2. The number of carbonyl (C=O) groups is 1. The fraction of sp³-hybridized carbons (Fsp3) is 0.269. The Morgan fingerprint density at radius 2 is 1.70 bits per heavy atom. The average molecular weight is 399 g/mol. The van der Waals surface area contributed by atoms with Crippen LogP contribution in [0, 0.1) is 0 Å². The molecular weight excluding hydrogens is 374 g/mol. The molecule has 4 nitrogen and oxygen atoms in total. The van der Waals surface area contributed by atoms with Crippen molar-refractivity contribution >= 4 is 5.91 Å². The third-order valence-electron chi connectivity index (χ3n) is 6.40. The van der Waals surface area contributed by atoms with Gasteiger partial charge in [0.15, 0.2) is 5.72 Å². The molecule has 0 aromatic heterocycles. The van der Waals surface area contributed by atoms with Gasteiger partial charge >= 0.3 is 0 Å². The summed E-state index contributed by atoms with van der Waals surface area (Å²) in [6.07, 6.45) is 1.60. The fourth-order valence-corrected chi connectivity index (χ4v) is 5.21. The number of methoxy groups -OCH3 is 1. The highest BCUT2D eigenvalue weighted by Gasteiger charge is 2.54. The third kappa shape index (κ3) is 2.95. The molecule has 0 unspecified atom stereocenters. The molecule has 30 heavy (non-hydrogen) atoms. The smallest absolute Gasteiger partial charge is 0.219 e. The van der Waals surface area contributed by atoms with Gasteiger partial charge in [0.1, 0.15) is 11.5 Å². The summed E-state index contributed by atoms with van der Waals surface area (Å²) < 4.78 is 12.0. The first kappa shape index (κ1) is 18.7. The van der Waals surface area contributed by atoms with Gasteiger partial charge in [0, 0.05) is 24.8 Å². The van der Waals surface area contributed by atoms with E-state index < -0.39 is 5.72 Å². The van der Waals surface area contributed by atoms with E-state index in [1.165, 1.54) is 16.7 Å². The molecule has 1 N–H and O–H groups in total. The molecule has 3 atom stereocenters. The molecule has 3 aromatic rings. The van der Waals surface area contributed by atoms with Gasteiger partial charge < -0.3 is 14.8 Å². The molecule has 0 saturated carbocycles. The van der Waals surface area contributed by atoms with E-state index in [4.69, 9.17) is 9.47 Å². The van der Waals surface area contributed by atoms with Crippen LogP contribution in [0.1, 0.15) is 47.4 Å². The van der Waals surface area contributed by atoms with Crippen molar-refractivity contribution in [2.45, 2.75) is 37.3 Å². The van der Waals surface area contributed by atoms with Crippen LogP contribution in [0.4, 0.5) is 0 Å².